The zero-order valence-electron chi connectivity index (χ0n) is 10.7. The van der Waals surface area contributed by atoms with Gasteiger partial charge in [-0.15, -0.1) is 0 Å². The number of carbonyl (C=O) groups is 1. The van der Waals surface area contributed by atoms with E-state index in [4.69, 9.17) is 4.74 Å². The van der Waals surface area contributed by atoms with Gasteiger partial charge in [-0.25, -0.2) is 4.39 Å². The Bertz CT molecular complexity index is 611. The molecule has 1 N–H and O–H groups in total. The Hall–Kier alpha value is -2.36. The third-order valence-electron chi connectivity index (χ3n) is 2.77. The van der Waals surface area contributed by atoms with Crippen molar-refractivity contribution in [2.75, 3.05) is 12.4 Å². The first-order valence-electron chi connectivity index (χ1n) is 5.82. The summed E-state index contributed by atoms with van der Waals surface area (Å²) >= 11 is 0. The summed E-state index contributed by atoms with van der Waals surface area (Å²) in [7, 11) is 1.51. The van der Waals surface area contributed by atoms with Gasteiger partial charge in [-0.3, -0.25) is 4.79 Å². The number of amides is 1. The molecule has 2 aromatic rings. The molecule has 2 rings (SSSR count). The fourth-order valence-electron chi connectivity index (χ4n) is 1.75. The molecule has 0 saturated carbocycles. The largest absolute Gasteiger partial charge is 0.496 e. The molecule has 0 aliphatic rings. The number of aryl methyl sites for hydroxylation is 1. The van der Waals surface area contributed by atoms with Crippen LogP contribution in [0.25, 0.3) is 0 Å². The minimum Gasteiger partial charge on any atom is -0.496 e. The van der Waals surface area contributed by atoms with Crippen LogP contribution in [0.4, 0.5) is 10.1 Å². The molecule has 0 aliphatic heterocycles. The van der Waals surface area contributed by atoms with Crippen LogP contribution in [0.15, 0.2) is 42.5 Å². The van der Waals surface area contributed by atoms with Crippen molar-refractivity contribution in [3.05, 3.63) is 59.4 Å². The molecule has 0 atom stereocenters. The maximum Gasteiger partial charge on any atom is 0.259 e. The lowest BCUT2D eigenvalue weighted by molar-refractivity contribution is 0.102. The highest BCUT2D eigenvalue weighted by molar-refractivity contribution is 6.06. The lowest BCUT2D eigenvalue weighted by Gasteiger charge is -2.09. The SMILES string of the molecule is COc1ccccc1C(=O)Nc1ccc(F)c(C)c1. The number of anilines is 1. The van der Waals surface area contributed by atoms with Crippen molar-refractivity contribution in [1.82, 2.24) is 0 Å². The fraction of sp³-hybridized carbons (Fsp3) is 0.133. The van der Waals surface area contributed by atoms with E-state index in [2.05, 4.69) is 5.32 Å². The van der Waals surface area contributed by atoms with Gasteiger partial charge in [0.15, 0.2) is 0 Å². The van der Waals surface area contributed by atoms with E-state index in [9.17, 15) is 9.18 Å². The Balaban J connectivity index is 2.23. The molecule has 4 heteroatoms. The molecule has 0 aromatic heterocycles. The van der Waals surface area contributed by atoms with Crippen molar-refractivity contribution in [3.63, 3.8) is 0 Å². The van der Waals surface area contributed by atoms with Gasteiger partial charge in [-0.2, -0.15) is 0 Å². The first-order valence-corrected chi connectivity index (χ1v) is 5.82. The summed E-state index contributed by atoms with van der Waals surface area (Å²) in [6.45, 7) is 1.65. The van der Waals surface area contributed by atoms with Crippen LogP contribution in [0.5, 0.6) is 5.75 Å². The molecule has 0 heterocycles. The van der Waals surface area contributed by atoms with Crippen LogP contribution in [-0.2, 0) is 0 Å². The normalized spacial score (nSPS) is 10.1. The number of halogens is 1. The zero-order valence-corrected chi connectivity index (χ0v) is 10.7. The van der Waals surface area contributed by atoms with Gasteiger partial charge >= 0.3 is 0 Å². The molecule has 3 nitrogen and oxygen atoms in total. The van der Waals surface area contributed by atoms with E-state index >= 15 is 0 Å². The lowest BCUT2D eigenvalue weighted by atomic mass is 10.1. The van der Waals surface area contributed by atoms with Gasteiger partial charge in [-0.1, -0.05) is 12.1 Å². The first-order chi connectivity index (χ1) is 9.11. The quantitative estimate of drug-likeness (QED) is 0.917. The highest BCUT2D eigenvalue weighted by Crippen LogP contribution is 2.20. The predicted molar refractivity (Wildman–Crippen MR) is 72.1 cm³/mol. The standard InChI is InChI=1S/C15H14FNO2/c1-10-9-11(7-8-13(10)16)17-15(18)12-5-3-4-6-14(12)19-2/h3-9H,1-2H3,(H,17,18). The molecule has 0 fully saturated rings. The van der Waals surface area contributed by atoms with Crippen LogP contribution in [0, 0.1) is 12.7 Å². The molecule has 19 heavy (non-hydrogen) atoms. The average molecular weight is 259 g/mol. The van der Waals surface area contributed by atoms with Crippen molar-refractivity contribution in [2.24, 2.45) is 0 Å². The van der Waals surface area contributed by atoms with Gasteiger partial charge in [0.25, 0.3) is 5.91 Å². The highest BCUT2D eigenvalue weighted by atomic mass is 19.1. The van der Waals surface area contributed by atoms with Crippen LogP contribution in [0.2, 0.25) is 0 Å². The van der Waals surface area contributed by atoms with Crippen molar-refractivity contribution >= 4 is 11.6 Å². The average Bonchev–Trinajstić information content (AvgIpc) is 2.43. The summed E-state index contributed by atoms with van der Waals surface area (Å²) in [5.74, 6) is -0.0856. The summed E-state index contributed by atoms with van der Waals surface area (Å²) in [5, 5.41) is 2.72. The van der Waals surface area contributed by atoms with Crippen molar-refractivity contribution < 1.29 is 13.9 Å². The molecule has 0 unspecified atom stereocenters. The second-order valence-corrected chi connectivity index (χ2v) is 4.12. The number of nitrogens with one attached hydrogen (secondary N) is 1. The Kier molecular flexibility index (Phi) is 3.80. The van der Waals surface area contributed by atoms with Crippen LogP contribution in [0.3, 0.4) is 0 Å². The summed E-state index contributed by atoms with van der Waals surface area (Å²) in [6.07, 6.45) is 0. The van der Waals surface area contributed by atoms with Gasteiger partial charge in [-0.05, 0) is 42.8 Å². The topological polar surface area (TPSA) is 38.3 Å². The number of ether oxygens (including phenoxy) is 1. The van der Waals surface area contributed by atoms with Crippen LogP contribution in [0.1, 0.15) is 15.9 Å². The van der Waals surface area contributed by atoms with E-state index in [1.165, 1.54) is 19.2 Å². The smallest absolute Gasteiger partial charge is 0.259 e. The number of hydrogen-bond donors (Lipinski definition) is 1. The van der Waals surface area contributed by atoms with E-state index in [1.807, 2.05) is 0 Å². The molecular formula is C15H14FNO2. The van der Waals surface area contributed by atoms with Gasteiger partial charge in [0, 0.05) is 5.69 Å². The number of methoxy groups -OCH3 is 1. The van der Waals surface area contributed by atoms with Crippen LogP contribution >= 0.6 is 0 Å². The van der Waals surface area contributed by atoms with Crippen molar-refractivity contribution in [1.29, 1.82) is 0 Å². The van der Waals surface area contributed by atoms with E-state index < -0.39 is 0 Å². The Morgan fingerprint density at radius 1 is 1.21 bits per heavy atom. The minimum atomic E-state index is -0.296. The van der Waals surface area contributed by atoms with Gasteiger partial charge < -0.3 is 10.1 Å². The Morgan fingerprint density at radius 3 is 2.63 bits per heavy atom. The Morgan fingerprint density at radius 2 is 1.95 bits per heavy atom. The predicted octanol–water partition coefficient (Wildman–Crippen LogP) is 3.40. The maximum absolute atomic E-state index is 13.1. The number of rotatable bonds is 3. The molecule has 98 valence electrons. The van der Waals surface area contributed by atoms with Crippen LogP contribution < -0.4 is 10.1 Å². The van der Waals surface area contributed by atoms with E-state index in [1.54, 1.807) is 37.3 Å². The molecule has 0 spiro atoms. The molecule has 2 aromatic carbocycles. The third-order valence-corrected chi connectivity index (χ3v) is 2.77. The number of benzene rings is 2. The monoisotopic (exact) mass is 259 g/mol. The van der Waals surface area contributed by atoms with Crippen molar-refractivity contribution in [2.45, 2.75) is 6.92 Å². The molecule has 1 amide bonds. The van der Waals surface area contributed by atoms with Gasteiger partial charge in [0.2, 0.25) is 0 Å². The second-order valence-electron chi connectivity index (χ2n) is 4.12. The van der Waals surface area contributed by atoms with E-state index in [0.29, 0.717) is 22.6 Å². The van der Waals surface area contributed by atoms with E-state index in [0.717, 1.165) is 0 Å². The third kappa shape index (κ3) is 2.91. The maximum atomic E-state index is 13.1. The first kappa shape index (κ1) is 13.1. The molecule has 0 aliphatic carbocycles. The molecular weight excluding hydrogens is 245 g/mol. The minimum absolute atomic E-state index is 0.288. The summed E-state index contributed by atoms with van der Waals surface area (Å²) in [5.41, 5.74) is 1.47. The summed E-state index contributed by atoms with van der Waals surface area (Å²) in [6, 6.07) is 11.4. The van der Waals surface area contributed by atoms with Gasteiger partial charge in [0.1, 0.15) is 11.6 Å². The number of carbonyl (C=O) groups excluding carboxylic acids is 1. The fourth-order valence-corrected chi connectivity index (χ4v) is 1.75. The Labute approximate surface area is 111 Å². The van der Waals surface area contributed by atoms with E-state index in [-0.39, 0.29) is 11.7 Å². The van der Waals surface area contributed by atoms with Crippen molar-refractivity contribution in [3.8, 4) is 5.75 Å². The molecule has 0 radical (unpaired) electrons. The highest BCUT2D eigenvalue weighted by Gasteiger charge is 2.11. The molecule has 0 saturated heterocycles. The number of hydrogen-bond acceptors (Lipinski definition) is 2. The zero-order chi connectivity index (χ0) is 13.8. The second kappa shape index (κ2) is 5.52. The molecule has 0 bridgehead atoms. The van der Waals surface area contributed by atoms with Crippen LogP contribution in [-0.4, -0.2) is 13.0 Å². The lowest BCUT2D eigenvalue weighted by Crippen LogP contribution is -2.13. The summed E-state index contributed by atoms with van der Waals surface area (Å²) < 4.78 is 18.3. The van der Waals surface area contributed by atoms with Gasteiger partial charge in [0.05, 0.1) is 12.7 Å². The number of para-hydroxylation sites is 1. The summed E-state index contributed by atoms with van der Waals surface area (Å²) in [4.78, 5) is 12.1.